The van der Waals surface area contributed by atoms with E-state index < -0.39 is 64.1 Å². The molecule has 13 heteroatoms. The molecule has 1 spiro atoms. The van der Waals surface area contributed by atoms with Gasteiger partial charge >= 0.3 is 0 Å². The highest BCUT2D eigenvalue weighted by molar-refractivity contribution is 8.00. The van der Waals surface area contributed by atoms with Crippen molar-refractivity contribution in [2.45, 2.75) is 56.2 Å². The van der Waals surface area contributed by atoms with Crippen molar-refractivity contribution >= 4 is 23.6 Å². The van der Waals surface area contributed by atoms with E-state index in [9.17, 15) is 27.6 Å². The summed E-state index contributed by atoms with van der Waals surface area (Å²) in [6, 6.07) is 9.34. The first-order valence-corrected chi connectivity index (χ1v) is 15.1. The zero-order valence-electron chi connectivity index (χ0n) is 24.0. The maximum atomic E-state index is 14.3. The molecule has 2 saturated heterocycles. The molecule has 0 aliphatic carbocycles. The van der Waals surface area contributed by atoms with Crippen LogP contribution >= 0.6 is 11.8 Å². The van der Waals surface area contributed by atoms with Crippen molar-refractivity contribution in [2.24, 2.45) is 0 Å². The number of carbonyl (C=O) groups is 2. The number of carbonyl (C=O) groups excluding carboxylic acids is 2. The number of hydrogen-bond acceptors (Lipinski definition) is 7. The van der Waals surface area contributed by atoms with Gasteiger partial charge in [-0.2, -0.15) is 0 Å². The molecule has 1 N–H and O–H groups in total. The molecule has 2 fully saturated rings. The number of nitrogens with zero attached hydrogens (tertiary/aromatic N) is 2. The van der Waals surface area contributed by atoms with Gasteiger partial charge in [0.25, 0.3) is 11.8 Å². The van der Waals surface area contributed by atoms with Gasteiger partial charge in [0.1, 0.15) is 34.6 Å². The molecule has 6 rings (SSSR count). The molecule has 9 nitrogen and oxygen atoms in total. The fourth-order valence-corrected chi connectivity index (χ4v) is 7.41. The lowest BCUT2D eigenvalue weighted by Gasteiger charge is -2.42. The number of nitrogens with one attached hydrogen (secondary N) is 1. The molecule has 4 atom stereocenters. The monoisotopic (exact) mass is 629 g/mol. The molecule has 2 amide bonds. The first kappa shape index (κ1) is 30.2. The Morgan fingerprint density at radius 1 is 1.16 bits per heavy atom. The van der Waals surface area contributed by atoms with Crippen LogP contribution in [0.3, 0.4) is 0 Å². The van der Waals surface area contributed by atoms with Crippen LogP contribution in [-0.4, -0.2) is 58.0 Å². The molecular formula is C31H30F3N3O6S. The Morgan fingerprint density at radius 2 is 1.89 bits per heavy atom. The molecule has 3 aliphatic rings. The number of rotatable bonds is 7. The van der Waals surface area contributed by atoms with E-state index in [4.69, 9.17) is 14.2 Å². The summed E-state index contributed by atoms with van der Waals surface area (Å²) in [5.41, 5.74) is -1.09. The Bertz CT molecular complexity index is 1650. The third kappa shape index (κ3) is 5.37. The third-order valence-corrected chi connectivity index (χ3v) is 9.87. The first-order valence-electron chi connectivity index (χ1n) is 14.1. The van der Waals surface area contributed by atoms with Gasteiger partial charge in [-0.3, -0.25) is 14.4 Å². The van der Waals surface area contributed by atoms with Crippen LogP contribution in [0.5, 0.6) is 5.75 Å². The van der Waals surface area contributed by atoms with Gasteiger partial charge in [0.05, 0.1) is 6.04 Å². The predicted molar refractivity (Wildman–Crippen MR) is 155 cm³/mol. The highest BCUT2D eigenvalue weighted by atomic mass is 32.2. The van der Waals surface area contributed by atoms with Crippen LogP contribution in [0.4, 0.5) is 13.2 Å². The van der Waals surface area contributed by atoms with Gasteiger partial charge in [0.15, 0.2) is 17.7 Å². The van der Waals surface area contributed by atoms with Crippen molar-refractivity contribution in [3.8, 4) is 5.75 Å². The Balaban J connectivity index is 1.45. The minimum atomic E-state index is -1.18. The largest absolute Gasteiger partial charge is 0.483 e. The van der Waals surface area contributed by atoms with Crippen LogP contribution in [0.25, 0.3) is 0 Å². The average molecular weight is 630 g/mol. The van der Waals surface area contributed by atoms with Crippen LogP contribution in [0.1, 0.15) is 57.8 Å². The fraction of sp³-hybridized carbons (Fsp3) is 0.387. The van der Waals surface area contributed by atoms with Crippen molar-refractivity contribution in [1.82, 2.24) is 14.8 Å². The van der Waals surface area contributed by atoms with Crippen LogP contribution in [0.15, 0.2) is 53.5 Å². The molecule has 2 aromatic carbocycles. The number of amides is 2. The molecule has 1 aromatic heterocycles. The lowest BCUT2D eigenvalue weighted by atomic mass is 10.0. The topological polar surface area (TPSA) is 99.1 Å². The summed E-state index contributed by atoms with van der Waals surface area (Å²) in [6.45, 7) is 1.49. The summed E-state index contributed by atoms with van der Waals surface area (Å²) in [7, 11) is 1.55. The maximum Gasteiger partial charge on any atom is 0.274 e. The number of fused-ring (bicyclic) bond motifs is 5. The molecule has 0 unspecified atom stereocenters. The van der Waals surface area contributed by atoms with Gasteiger partial charge in [-0.1, -0.05) is 30.3 Å². The highest BCUT2D eigenvalue weighted by Crippen LogP contribution is 2.52. The lowest BCUT2D eigenvalue weighted by molar-refractivity contribution is -0.155. The van der Waals surface area contributed by atoms with Crippen molar-refractivity contribution in [1.29, 1.82) is 0 Å². The van der Waals surface area contributed by atoms with E-state index in [0.717, 1.165) is 5.56 Å². The fourth-order valence-electron chi connectivity index (χ4n) is 5.97. The molecule has 3 aliphatic heterocycles. The molecular weight excluding hydrogens is 599 g/mol. The third-order valence-electron chi connectivity index (χ3n) is 8.37. The second-order valence-electron chi connectivity index (χ2n) is 11.0. The van der Waals surface area contributed by atoms with E-state index in [0.29, 0.717) is 30.7 Å². The van der Waals surface area contributed by atoms with Crippen LogP contribution in [-0.2, 0) is 22.6 Å². The normalized spacial score (nSPS) is 24.2. The number of thioether (sulfide) groups is 1. The van der Waals surface area contributed by atoms with Crippen molar-refractivity contribution in [3.63, 3.8) is 0 Å². The number of hydrogen-bond donors (Lipinski definition) is 1. The van der Waals surface area contributed by atoms with E-state index in [2.05, 4.69) is 5.32 Å². The molecule has 4 heterocycles. The van der Waals surface area contributed by atoms with Crippen molar-refractivity contribution in [2.75, 3.05) is 19.4 Å². The smallest absolute Gasteiger partial charge is 0.274 e. The summed E-state index contributed by atoms with van der Waals surface area (Å²) in [6.07, 6.45) is 2.01. The van der Waals surface area contributed by atoms with Crippen LogP contribution < -0.4 is 15.5 Å². The van der Waals surface area contributed by atoms with Gasteiger partial charge in [-0.05, 0) is 25.3 Å². The zero-order chi connectivity index (χ0) is 31.2. The predicted octanol–water partition coefficient (Wildman–Crippen LogP) is 4.39. The lowest BCUT2D eigenvalue weighted by Crippen LogP contribution is -2.52. The Morgan fingerprint density at radius 3 is 2.57 bits per heavy atom. The van der Waals surface area contributed by atoms with Gasteiger partial charge in [-0.15, -0.1) is 11.8 Å². The summed E-state index contributed by atoms with van der Waals surface area (Å²) in [5, 5.41) is 2.37. The van der Waals surface area contributed by atoms with E-state index in [-0.39, 0.29) is 36.2 Å². The standard InChI is InChI=1S/C31H30F3N3O6S/c1-17-8-9-31(43-25(41-2)16-44-31)24-14-36(17)30(40)26-28(42-15-18-6-4-3-5-7-18)27(38)21(13-37(24)26)29(39)35-12-20-22(33)10-19(32)11-23(20)34/h3-7,10-11,13,17,24-25H,8-9,12,14-16H2,1-2H3,(H,35,39)/t17-,24+,25+,31+/m0/s1. The summed E-state index contributed by atoms with van der Waals surface area (Å²) < 4.78 is 61.5. The maximum absolute atomic E-state index is 14.3. The van der Waals surface area contributed by atoms with Gasteiger partial charge in [0, 0.05) is 55.9 Å². The molecule has 2 bridgehead atoms. The van der Waals surface area contributed by atoms with Gasteiger partial charge in [0.2, 0.25) is 5.43 Å². The first-order chi connectivity index (χ1) is 21.1. The minimum Gasteiger partial charge on any atom is -0.483 e. The molecule has 232 valence electrons. The van der Waals surface area contributed by atoms with Crippen molar-refractivity contribution in [3.05, 3.63) is 98.7 Å². The van der Waals surface area contributed by atoms with Crippen molar-refractivity contribution < 1.29 is 37.0 Å². The second kappa shape index (κ2) is 11.9. The molecule has 3 aromatic rings. The number of halogens is 3. The van der Waals surface area contributed by atoms with Crippen LogP contribution in [0, 0.1) is 17.5 Å². The Labute approximate surface area is 255 Å². The number of methoxy groups -OCH3 is 1. The van der Waals surface area contributed by atoms with Gasteiger partial charge in [-0.25, -0.2) is 13.2 Å². The molecule has 0 radical (unpaired) electrons. The summed E-state index contributed by atoms with van der Waals surface area (Å²) >= 11 is 1.55. The van der Waals surface area contributed by atoms with E-state index in [1.54, 1.807) is 52.6 Å². The summed E-state index contributed by atoms with van der Waals surface area (Å²) in [5.74, 6) is -4.59. The minimum absolute atomic E-state index is 0.00690. The average Bonchev–Trinajstić information content (AvgIpc) is 3.38. The molecule has 0 saturated carbocycles. The number of pyridine rings is 1. The second-order valence-corrected chi connectivity index (χ2v) is 12.3. The quantitative estimate of drug-likeness (QED) is 0.414. The SMILES string of the molecule is CO[C@H]1CS[C@@]2(CC[C@H](C)N3C[C@H]2n2cc(C(=O)NCc4c(F)cc(F)cc4F)c(=O)c(OCc4ccccc4)c2C3=O)O1. The Hall–Kier alpha value is -3.81. The number of ether oxygens (including phenoxy) is 3. The number of aromatic nitrogens is 1. The van der Waals surface area contributed by atoms with E-state index >= 15 is 0 Å². The van der Waals surface area contributed by atoms with Gasteiger partial charge < -0.3 is 29.0 Å². The Kier molecular flexibility index (Phi) is 8.20. The zero-order valence-corrected chi connectivity index (χ0v) is 24.8. The molecule has 44 heavy (non-hydrogen) atoms. The van der Waals surface area contributed by atoms with E-state index in [1.165, 1.54) is 6.20 Å². The van der Waals surface area contributed by atoms with Crippen LogP contribution in [0.2, 0.25) is 0 Å². The summed E-state index contributed by atoms with van der Waals surface area (Å²) in [4.78, 5) is 42.2. The number of benzene rings is 2. The van der Waals surface area contributed by atoms with E-state index in [1.807, 2.05) is 13.0 Å². The highest BCUT2D eigenvalue weighted by Gasteiger charge is 2.54.